The van der Waals surface area contributed by atoms with Gasteiger partial charge in [-0.2, -0.15) is 9.97 Å². The van der Waals surface area contributed by atoms with Gasteiger partial charge in [0.2, 0.25) is 17.7 Å². The average Bonchev–Trinajstić information content (AvgIpc) is 3.00. The molecule has 1 amide bonds. The van der Waals surface area contributed by atoms with Gasteiger partial charge in [0.25, 0.3) is 0 Å². The minimum absolute atomic E-state index is 0.273. The van der Waals surface area contributed by atoms with E-state index in [0.717, 1.165) is 74.9 Å². The van der Waals surface area contributed by atoms with Crippen LogP contribution >= 0.6 is 0 Å². The highest BCUT2D eigenvalue weighted by molar-refractivity contribution is 5.99. The number of rotatable bonds is 9. The van der Waals surface area contributed by atoms with Gasteiger partial charge in [-0.1, -0.05) is 12.6 Å². The predicted octanol–water partition coefficient (Wildman–Crippen LogP) is 5.20. The predicted molar refractivity (Wildman–Crippen MR) is 164 cm³/mol. The number of aromatic nitrogens is 2. The molecule has 2 N–H and O–H groups in total. The van der Waals surface area contributed by atoms with Crippen molar-refractivity contribution in [3.63, 3.8) is 0 Å². The molecule has 5 rings (SSSR count). The zero-order chi connectivity index (χ0) is 28.8. The number of amides is 1. The van der Waals surface area contributed by atoms with E-state index in [1.165, 1.54) is 12.5 Å². The summed E-state index contributed by atoms with van der Waals surface area (Å²) in [6, 6.07) is 13.6. The summed E-state index contributed by atoms with van der Waals surface area (Å²) in [6.07, 6.45) is 4.73. The lowest BCUT2D eigenvalue weighted by Crippen LogP contribution is -2.44. The maximum Gasteiger partial charge on any atom is 0.247 e. The molecule has 0 saturated carbocycles. The van der Waals surface area contributed by atoms with Crippen LogP contribution in [0.3, 0.4) is 0 Å². The number of nitrogens with one attached hydrogen (secondary N) is 2. The summed E-state index contributed by atoms with van der Waals surface area (Å²) >= 11 is 0. The van der Waals surface area contributed by atoms with Crippen molar-refractivity contribution in [1.29, 1.82) is 0 Å². The number of aryl methyl sites for hydroxylation is 1. The fourth-order valence-electron chi connectivity index (χ4n) is 5.08. The fraction of sp³-hybridized carbons (Fsp3) is 0.387. The largest absolute Gasteiger partial charge is 0.479 e. The number of methoxy groups -OCH3 is 1. The average molecular weight is 558 g/mol. The minimum Gasteiger partial charge on any atom is -0.479 e. The first-order chi connectivity index (χ1) is 19.9. The molecule has 4 heterocycles. The number of carbonyl (C=O) groups is 1. The van der Waals surface area contributed by atoms with Gasteiger partial charge >= 0.3 is 0 Å². The second kappa shape index (κ2) is 12.9. The second-order valence-corrected chi connectivity index (χ2v) is 10.5. The molecule has 1 aromatic carbocycles. The fourth-order valence-corrected chi connectivity index (χ4v) is 5.08. The molecule has 0 aliphatic carbocycles. The molecule has 41 heavy (non-hydrogen) atoms. The van der Waals surface area contributed by atoms with E-state index in [-0.39, 0.29) is 5.91 Å². The third-order valence-electron chi connectivity index (χ3n) is 7.53. The van der Waals surface area contributed by atoms with Crippen molar-refractivity contribution in [3.05, 3.63) is 60.7 Å². The smallest absolute Gasteiger partial charge is 0.247 e. The summed E-state index contributed by atoms with van der Waals surface area (Å²) < 4.78 is 12.0. The highest BCUT2D eigenvalue weighted by Crippen LogP contribution is 2.36. The summed E-state index contributed by atoms with van der Waals surface area (Å²) in [5.74, 6) is 2.81. The lowest BCUT2D eigenvalue weighted by atomic mass is 10.1. The normalized spacial score (nSPS) is 15.8. The van der Waals surface area contributed by atoms with Crippen LogP contribution < -0.4 is 29.9 Å². The summed E-state index contributed by atoms with van der Waals surface area (Å²) in [6.45, 7) is 11.2. The Hall–Kier alpha value is -4.31. The second-order valence-electron chi connectivity index (χ2n) is 10.5. The summed E-state index contributed by atoms with van der Waals surface area (Å²) in [5.41, 5.74) is 3.24. The zero-order valence-electron chi connectivity index (χ0n) is 24.2. The van der Waals surface area contributed by atoms with E-state index in [1.54, 1.807) is 7.11 Å². The highest BCUT2D eigenvalue weighted by Gasteiger charge is 2.20. The van der Waals surface area contributed by atoms with Crippen LogP contribution in [-0.2, 0) is 4.79 Å². The Morgan fingerprint density at radius 3 is 2.41 bits per heavy atom. The van der Waals surface area contributed by atoms with E-state index in [2.05, 4.69) is 39.0 Å². The van der Waals surface area contributed by atoms with Crippen LogP contribution in [0.5, 0.6) is 17.5 Å². The number of anilines is 5. The van der Waals surface area contributed by atoms with Crippen LogP contribution in [0.25, 0.3) is 0 Å². The zero-order valence-corrected chi connectivity index (χ0v) is 24.2. The van der Waals surface area contributed by atoms with E-state index in [4.69, 9.17) is 19.4 Å². The Labute approximate surface area is 242 Å². The number of benzene rings is 1. The van der Waals surface area contributed by atoms with Crippen molar-refractivity contribution < 1.29 is 14.3 Å². The molecule has 10 nitrogen and oxygen atoms in total. The number of piperazine rings is 1. The third kappa shape index (κ3) is 6.89. The Balaban J connectivity index is 1.42. The van der Waals surface area contributed by atoms with Crippen LogP contribution in [0.1, 0.15) is 24.8 Å². The number of pyridine rings is 2. The molecule has 2 aliphatic rings. The van der Waals surface area contributed by atoms with Crippen LogP contribution in [0.15, 0.2) is 55.1 Å². The Kier molecular flexibility index (Phi) is 8.88. The monoisotopic (exact) mass is 557 g/mol. The third-order valence-corrected chi connectivity index (χ3v) is 7.53. The van der Waals surface area contributed by atoms with E-state index in [0.29, 0.717) is 29.0 Å². The van der Waals surface area contributed by atoms with E-state index in [9.17, 15) is 4.79 Å². The number of hydrogen-bond donors (Lipinski definition) is 2. The molecule has 0 radical (unpaired) electrons. The van der Waals surface area contributed by atoms with Crippen molar-refractivity contribution in [1.82, 2.24) is 14.9 Å². The van der Waals surface area contributed by atoms with Gasteiger partial charge in [0.05, 0.1) is 7.11 Å². The quantitative estimate of drug-likeness (QED) is 0.345. The molecule has 2 fully saturated rings. The SMILES string of the molecule is C=CC(=O)Nc1cc(Oc2nc(Nc3ccc(N4CCN(C)CC4)nc3OC)ccc2N2CCCCC2)ccc1C. The topological polar surface area (TPSA) is 95.1 Å². The van der Waals surface area contributed by atoms with Crippen molar-refractivity contribution in [3.8, 4) is 17.5 Å². The molecular weight excluding hydrogens is 518 g/mol. The van der Waals surface area contributed by atoms with Gasteiger partial charge in [0.1, 0.15) is 28.8 Å². The van der Waals surface area contributed by atoms with Crippen molar-refractivity contribution in [2.75, 3.05) is 73.9 Å². The lowest BCUT2D eigenvalue weighted by molar-refractivity contribution is -0.111. The summed E-state index contributed by atoms with van der Waals surface area (Å²) in [5, 5.41) is 6.22. The lowest BCUT2D eigenvalue weighted by Gasteiger charge is -2.33. The van der Waals surface area contributed by atoms with Gasteiger partial charge in [-0.3, -0.25) is 4.79 Å². The van der Waals surface area contributed by atoms with Crippen LogP contribution in [0, 0.1) is 6.92 Å². The van der Waals surface area contributed by atoms with Crippen molar-refractivity contribution in [2.24, 2.45) is 0 Å². The van der Waals surface area contributed by atoms with E-state index >= 15 is 0 Å². The minimum atomic E-state index is -0.273. The number of nitrogens with zero attached hydrogens (tertiary/aromatic N) is 5. The van der Waals surface area contributed by atoms with Gasteiger partial charge in [-0.05, 0) is 75.2 Å². The van der Waals surface area contributed by atoms with Crippen molar-refractivity contribution >= 4 is 34.6 Å². The molecule has 216 valence electrons. The first-order valence-electron chi connectivity index (χ1n) is 14.2. The van der Waals surface area contributed by atoms with Gasteiger partial charge in [0, 0.05) is 51.0 Å². The number of hydrogen-bond acceptors (Lipinski definition) is 9. The maximum absolute atomic E-state index is 11.9. The molecule has 0 bridgehead atoms. The molecule has 2 saturated heterocycles. The molecule has 0 atom stereocenters. The molecular formula is C31H39N7O3. The van der Waals surface area contributed by atoms with E-state index < -0.39 is 0 Å². The standard InChI is InChI=1S/C31H39N7O3/c1-5-29(39)33-25-21-23(10-9-22(25)2)41-31-26(37-15-7-6-8-16-37)12-13-27(34-31)32-24-11-14-28(35-30(24)40-4)38-19-17-36(3)18-20-38/h5,9-14,21H,1,6-8,15-20H2,2-4H3,(H,32,34)(H,33,39). The van der Waals surface area contributed by atoms with Gasteiger partial charge < -0.3 is 34.8 Å². The number of piperidine rings is 1. The van der Waals surface area contributed by atoms with Crippen LogP contribution in [-0.4, -0.2) is 74.2 Å². The number of ether oxygens (including phenoxy) is 2. The van der Waals surface area contributed by atoms with Crippen molar-refractivity contribution in [2.45, 2.75) is 26.2 Å². The van der Waals surface area contributed by atoms with Crippen LogP contribution in [0.4, 0.5) is 28.7 Å². The number of carbonyl (C=O) groups excluding carboxylic acids is 1. The molecule has 2 aromatic heterocycles. The first kappa shape index (κ1) is 28.2. The summed E-state index contributed by atoms with van der Waals surface area (Å²) in [4.78, 5) is 28.5. The van der Waals surface area contributed by atoms with E-state index in [1.807, 2.05) is 49.4 Å². The highest BCUT2D eigenvalue weighted by atomic mass is 16.5. The molecule has 0 unspecified atom stereocenters. The number of likely N-dealkylation sites (N-methyl/N-ethyl adjacent to an activating group) is 1. The Morgan fingerprint density at radius 2 is 1.68 bits per heavy atom. The molecule has 10 heteroatoms. The molecule has 2 aliphatic heterocycles. The Morgan fingerprint density at radius 1 is 0.902 bits per heavy atom. The van der Waals surface area contributed by atoms with Crippen LogP contribution in [0.2, 0.25) is 0 Å². The molecule has 3 aromatic rings. The summed E-state index contributed by atoms with van der Waals surface area (Å²) in [7, 11) is 3.77. The Bertz CT molecular complexity index is 1380. The first-order valence-corrected chi connectivity index (χ1v) is 14.2. The molecule has 0 spiro atoms. The van der Waals surface area contributed by atoms with Gasteiger partial charge in [0.15, 0.2) is 0 Å². The van der Waals surface area contributed by atoms with Gasteiger partial charge in [-0.15, -0.1) is 0 Å². The van der Waals surface area contributed by atoms with Gasteiger partial charge in [-0.25, -0.2) is 0 Å². The maximum atomic E-state index is 11.9.